The first-order chi connectivity index (χ1) is 14.2. The van der Waals surface area contributed by atoms with Gasteiger partial charge in [-0.1, -0.05) is 38.1 Å². The molecule has 2 aromatic rings. The molecule has 3 amide bonds. The molecule has 0 radical (unpaired) electrons. The van der Waals surface area contributed by atoms with Gasteiger partial charge in [0.2, 0.25) is 5.91 Å². The summed E-state index contributed by atoms with van der Waals surface area (Å²) in [6, 6.07) is 11.5. The van der Waals surface area contributed by atoms with Crippen LogP contribution in [-0.4, -0.2) is 47.2 Å². The smallest absolute Gasteiger partial charge is 0.387 e. The molecular formula is C22H22F2N2O4. The zero-order valence-corrected chi connectivity index (χ0v) is 16.8. The summed E-state index contributed by atoms with van der Waals surface area (Å²) in [4.78, 5) is 41.3. The Hall–Kier alpha value is -3.29. The maximum Gasteiger partial charge on any atom is 0.387 e. The molecule has 0 saturated carbocycles. The second-order valence-corrected chi connectivity index (χ2v) is 7.43. The van der Waals surface area contributed by atoms with E-state index in [1.807, 2.05) is 0 Å². The van der Waals surface area contributed by atoms with E-state index in [9.17, 15) is 23.2 Å². The number of nitrogens with zero attached hydrogens (tertiary/aromatic N) is 2. The van der Waals surface area contributed by atoms with Crippen molar-refractivity contribution >= 4 is 17.7 Å². The highest BCUT2D eigenvalue weighted by Crippen LogP contribution is 2.28. The Bertz CT molecular complexity index is 925. The third-order valence-electron chi connectivity index (χ3n) is 4.93. The number of ether oxygens (including phenoxy) is 1. The van der Waals surface area contributed by atoms with E-state index >= 15 is 0 Å². The Balaban J connectivity index is 1.77. The highest BCUT2D eigenvalue weighted by Gasteiger charge is 2.44. The Labute approximate surface area is 173 Å². The number of benzene rings is 2. The maximum atomic E-state index is 13.2. The van der Waals surface area contributed by atoms with Gasteiger partial charge in [-0.2, -0.15) is 8.78 Å². The van der Waals surface area contributed by atoms with Crippen molar-refractivity contribution in [3.8, 4) is 5.75 Å². The lowest BCUT2D eigenvalue weighted by Crippen LogP contribution is -2.52. The van der Waals surface area contributed by atoms with Crippen molar-refractivity contribution in [2.24, 2.45) is 5.92 Å². The van der Waals surface area contributed by atoms with E-state index in [1.54, 1.807) is 57.3 Å². The molecule has 0 bridgehead atoms. The molecule has 1 heterocycles. The van der Waals surface area contributed by atoms with E-state index in [2.05, 4.69) is 4.74 Å². The van der Waals surface area contributed by atoms with E-state index in [0.717, 1.165) is 4.90 Å². The van der Waals surface area contributed by atoms with Crippen molar-refractivity contribution in [3.05, 3.63) is 65.2 Å². The molecule has 30 heavy (non-hydrogen) atoms. The monoisotopic (exact) mass is 416 g/mol. The highest BCUT2D eigenvalue weighted by atomic mass is 19.3. The average molecular weight is 416 g/mol. The number of likely N-dealkylation sites (N-methyl/N-ethyl adjacent to an activating group) is 1. The molecule has 6 nitrogen and oxygen atoms in total. The molecule has 1 aliphatic rings. The van der Waals surface area contributed by atoms with Gasteiger partial charge in [0.1, 0.15) is 11.8 Å². The van der Waals surface area contributed by atoms with Crippen LogP contribution in [0.4, 0.5) is 8.78 Å². The summed E-state index contributed by atoms with van der Waals surface area (Å²) in [6.07, 6.45) is 0. The summed E-state index contributed by atoms with van der Waals surface area (Å²) >= 11 is 0. The topological polar surface area (TPSA) is 66.9 Å². The number of imide groups is 1. The SMILES string of the molecule is CC(C)C(C(=O)N(C)Cc1ccc(OC(F)F)cc1)N1C(=O)c2ccccc2C1=O. The van der Waals surface area contributed by atoms with Crippen LogP contribution in [0.1, 0.15) is 40.1 Å². The first kappa shape index (κ1) is 21.4. The van der Waals surface area contributed by atoms with Gasteiger partial charge in [0.25, 0.3) is 11.8 Å². The standard InChI is InChI=1S/C22H22F2N2O4/c1-13(2)18(26-19(27)16-6-4-5-7-17(16)20(26)28)21(29)25(3)12-14-8-10-15(11-9-14)30-22(23)24/h4-11,13,18,22H,12H2,1-3H3. The van der Waals surface area contributed by atoms with E-state index in [1.165, 1.54) is 17.0 Å². The first-order valence-electron chi connectivity index (χ1n) is 9.46. The number of hydrogen-bond donors (Lipinski definition) is 0. The molecule has 1 atom stereocenters. The van der Waals surface area contributed by atoms with Crippen molar-refractivity contribution in [1.29, 1.82) is 0 Å². The zero-order valence-electron chi connectivity index (χ0n) is 16.8. The predicted molar refractivity (Wildman–Crippen MR) is 105 cm³/mol. The number of fused-ring (bicyclic) bond motifs is 1. The summed E-state index contributed by atoms with van der Waals surface area (Å²) in [7, 11) is 1.57. The molecule has 0 aromatic heterocycles. The van der Waals surface area contributed by atoms with Crippen LogP contribution >= 0.6 is 0 Å². The minimum absolute atomic E-state index is 0.0220. The quantitative estimate of drug-likeness (QED) is 0.648. The van der Waals surface area contributed by atoms with E-state index < -0.39 is 24.5 Å². The average Bonchev–Trinajstić information content (AvgIpc) is 2.94. The third-order valence-corrected chi connectivity index (χ3v) is 4.93. The molecule has 1 aliphatic heterocycles. The molecule has 0 spiro atoms. The summed E-state index contributed by atoms with van der Waals surface area (Å²) in [5.74, 6) is -1.63. The fourth-order valence-electron chi connectivity index (χ4n) is 3.51. The summed E-state index contributed by atoms with van der Waals surface area (Å²) < 4.78 is 28.9. The van der Waals surface area contributed by atoms with Gasteiger partial charge in [0.05, 0.1) is 11.1 Å². The van der Waals surface area contributed by atoms with Crippen LogP contribution in [0.25, 0.3) is 0 Å². The van der Waals surface area contributed by atoms with Gasteiger partial charge in [0.15, 0.2) is 0 Å². The predicted octanol–water partition coefficient (Wildman–Crippen LogP) is 3.57. The lowest BCUT2D eigenvalue weighted by Gasteiger charge is -2.32. The number of carbonyl (C=O) groups excluding carboxylic acids is 3. The van der Waals surface area contributed by atoms with Crippen molar-refractivity contribution in [2.75, 3.05) is 7.05 Å². The van der Waals surface area contributed by atoms with Crippen LogP contribution < -0.4 is 4.74 Å². The molecule has 0 N–H and O–H groups in total. The second kappa shape index (κ2) is 8.61. The molecule has 0 fully saturated rings. The lowest BCUT2D eigenvalue weighted by atomic mass is 10.0. The van der Waals surface area contributed by atoms with Gasteiger partial charge in [-0.3, -0.25) is 19.3 Å². The molecule has 1 unspecified atom stereocenters. The van der Waals surface area contributed by atoms with Crippen molar-refractivity contribution in [1.82, 2.24) is 9.80 Å². The largest absolute Gasteiger partial charge is 0.435 e. The molecule has 3 rings (SSSR count). The minimum atomic E-state index is -2.91. The van der Waals surface area contributed by atoms with Crippen LogP contribution in [0.5, 0.6) is 5.75 Å². The Morgan fingerprint density at radius 3 is 2.00 bits per heavy atom. The van der Waals surface area contributed by atoms with Crippen molar-refractivity contribution in [3.63, 3.8) is 0 Å². The number of alkyl halides is 2. The van der Waals surface area contributed by atoms with Gasteiger partial charge >= 0.3 is 6.61 Å². The molecule has 8 heteroatoms. The van der Waals surface area contributed by atoms with Gasteiger partial charge in [-0.05, 0) is 35.7 Å². The molecule has 2 aromatic carbocycles. The van der Waals surface area contributed by atoms with Crippen molar-refractivity contribution < 1.29 is 27.9 Å². The zero-order chi connectivity index (χ0) is 22.0. The van der Waals surface area contributed by atoms with Gasteiger partial charge in [-0.15, -0.1) is 0 Å². The molecule has 0 saturated heterocycles. The second-order valence-electron chi connectivity index (χ2n) is 7.43. The van der Waals surface area contributed by atoms with Crippen LogP contribution in [0, 0.1) is 5.92 Å². The van der Waals surface area contributed by atoms with E-state index in [0.29, 0.717) is 16.7 Å². The number of halogens is 2. The normalized spacial score (nSPS) is 14.3. The highest BCUT2D eigenvalue weighted by molar-refractivity contribution is 6.22. The third kappa shape index (κ3) is 4.17. The molecular weight excluding hydrogens is 394 g/mol. The van der Waals surface area contributed by atoms with Gasteiger partial charge in [-0.25, -0.2) is 0 Å². The van der Waals surface area contributed by atoms with Crippen molar-refractivity contribution in [2.45, 2.75) is 33.0 Å². The fraction of sp³-hybridized carbons (Fsp3) is 0.318. The summed E-state index contributed by atoms with van der Waals surface area (Å²) in [6.45, 7) is 0.819. The first-order valence-corrected chi connectivity index (χ1v) is 9.46. The van der Waals surface area contributed by atoms with E-state index in [-0.39, 0.29) is 24.1 Å². The van der Waals surface area contributed by atoms with Gasteiger partial charge < -0.3 is 9.64 Å². The van der Waals surface area contributed by atoms with Crippen LogP contribution in [-0.2, 0) is 11.3 Å². The van der Waals surface area contributed by atoms with Crippen LogP contribution in [0.15, 0.2) is 48.5 Å². The van der Waals surface area contributed by atoms with E-state index in [4.69, 9.17) is 0 Å². The Morgan fingerprint density at radius 2 is 1.53 bits per heavy atom. The Kier molecular flexibility index (Phi) is 6.14. The number of rotatable bonds is 7. The Morgan fingerprint density at radius 1 is 1.00 bits per heavy atom. The fourth-order valence-corrected chi connectivity index (χ4v) is 3.51. The maximum absolute atomic E-state index is 13.2. The number of carbonyl (C=O) groups is 3. The van der Waals surface area contributed by atoms with Crippen LogP contribution in [0.2, 0.25) is 0 Å². The lowest BCUT2D eigenvalue weighted by molar-refractivity contribution is -0.136. The number of amides is 3. The number of hydrogen-bond acceptors (Lipinski definition) is 4. The molecule has 158 valence electrons. The minimum Gasteiger partial charge on any atom is -0.435 e. The van der Waals surface area contributed by atoms with Crippen LogP contribution in [0.3, 0.4) is 0 Å². The van der Waals surface area contributed by atoms with Gasteiger partial charge in [0, 0.05) is 13.6 Å². The molecule has 0 aliphatic carbocycles. The summed E-state index contributed by atoms with van der Waals surface area (Å²) in [5, 5.41) is 0. The summed E-state index contributed by atoms with van der Waals surface area (Å²) in [5.41, 5.74) is 1.27.